The Morgan fingerprint density at radius 3 is 2.43 bits per heavy atom. The highest BCUT2D eigenvalue weighted by Gasteiger charge is 2.45. The second-order valence-electron chi connectivity index (χ2n) is 5.13. The second kappa shape index (κ2) is 5.85. The molecule has 2 rings (SSSR count). The van der Waals surface area contributed by atoms with Crippen LogP contribution in [0.3, 0.4) is 0 Å². The summed E-state index contributed by atoms with van der Waals surface area (Å²) in [7, 11) is 0. The van der Waals surface area contributed by atoms with E-state index in [1.807, 2.05) is 57.2 Å². The molecule has 1 N–H and O–H groups in total. The average molecular weight is 349 g/mol. The van der Waals surface area contributed by atoms with Crippen LogP contribution in [0.15, 0.2) is 52.2 Å². The van der Waals surface area contributed by atoms with Gasteiger partial charge in [0.15, 0.2) is 0 Å². The van der Waals surface area contributed by atoms with E-state index in [0.29, 0.717) is 12.1 Å². The summed E-state index contributed by atoms with van der Waals surface area (Å²) in [6.45, 7) is 5.51. The molecule has 1 atom stereocenters. The molecule has 1 unspecified atom stereocenters. The molecule has 1 fully saturated rings. The molecule has 1 aromatic rings. The van der Waals surface area contributed by atoms with Gasteiger partial charge in [-0.3, -0.25) is 14.5 Å². The van der Waals surface area contributed by atoms with Crippen LogP contribution in [0.2, 0.25) is 0 Å². The third-order valence-electron chi connectivity index (χ3n) is 3.52. The van der Waals surface area contributed by atoms with Crippen molar-refractivity contribution in [3.05, 3.63) is 57.7 Å². The lowest BCUT2D eigenvalue weighted by Gasteiger charge is -2.32. The summed E-state index contributed by atoms with van der Waals surface area (Å²) < 4.78 is 0.888. The van der Waals surface area contributed by atoms with Gasteiger partial charge in [-0.05, 0) is 42.5 Å². The predicted molar refractivity (Wildman–Crippen MR) is 85.2 cm³/mol. The van der Waals surface area contributed by atoms with Gasteiger partial charge in [-0.25, -0.2) is 0 Å². The molecule has 0 spiro atoms. The Kier molecular flexibility index (Phi) is 4.32. The summed E-state index contributed by atoms with van der Waals surface area (Å²) in [6.07, 6.45) is 2.52. The van der Waals surface area contributed by atoms with E-state index in [1.54, 1.807) is 0 Å². The van der Waals surface area contributed by atoms with Gasteiger partial charge in [-0.1, -0.05) is 46.3 Å². The number of amides is 2. The topological polar surface area (TPSA) is 49.4 Å². The molecule has 1 aliphatic heterocycles. The Labute approximate surface area is 132 Å². The summed E-state index contributed by atoms with van der Waals surface area (Å²) >= 11 is 3.35. The first-order chi connectivity index (χ1) is 9.90. The molecule has 0 saturated carbocycles. The molecule has 0 aliphatic carbocycles. The van der Waals surface area contributed by atoms with Crippen LogP contribution in [0.1, 0.15) is 26.3 Å². The molecule has 0 radical (unpaired) electrons. The lowest BCUT2D eigenvalue weighted by Crippen LogP contribution is -2.45. The molecule has 21 heavy (non-hydrogen) atoms. The van der Waals surface area contributed by atoms with E-state index in [-0.39, 0.29) is 5.91 Å². The Morgan fingerprint density at radius 2 is 1.90 bits per heavy atom. The van der Waals surface area contributed by atoms with Crippen LogP contribution in [-0.4, -0.2) is 17.2 Å². The Morgan fingerprint density at radius 1 is 1.29 bits per heavy atom. The summed E-state index contributed by atoms with van der Waals surface area (Å²) in [6, 6.07) is 9.44. The fourth-order valence-corrected chi connectivity index (χ4v) is 2.88. The highest BCUT2D eigenvalue weighted by molar-refractivity contribution is 9.11. The van der Waals surface area contributed by atoms with Crippen LogP contribution in [-0.2, 0) is 15.3 Å². The van der Waals surface area contributed by atoms with Gasteiger partial charge in [0.05, 0.1) is 0 Å². The van der Waals surface area contributed by atoms with Crippen molar-refractivity contribution in [1.29, 1.82) is 0 Å². The van der Waals surface area contributed by atoms with Crippen molar-refractivity contribution in [3.8, 4) is 0 Å². The van der Waals surface area contributed by atoms with Gasteiger partial charge >= 0.3 is 0 Å². The van der Waals surface area contributed by atoms with Crippen molar-refractivity contribution in [2.24, 2.45) is 0 Å². The van der Waals surface area contributed by atoms with Gasteiger partial charge in [0, 0.05) is 0 Å². The maximum atomic E-state index is 12.3. The van der Waals surface area contributed by atoms with Crippen LogP contribution >= 0.6 is 15.9 Å². The van der Waals surface area contributed by atoms with Crippen LogP contribution in [0.25, 0.3) is 0 Å². The Bertz CT molecular complexity index is 633. The van der Waals surface area contributed by atoms with E-state index in [9.17, 15) is 9.59 Å². The molecule has 110 valence electrons. The molecule has 1 heterocycles. The number of benzene rings is 1. The van der Waals surface area contributed by atoms with Crippen molar-refractivity contribution in [3.63, 3.8) is 0 Å². The van der Waals surface area contributed by atoms with Crippen LogP contribution in [0.4, 0.5) is 0 Å². The first kappa shape index (κ1) is 15.5. The number of nitrogens with one attached hydrogen (secondary N) is 1. The van der Waals surface area contributed by atoms with Crippen molar-refractivity contribution in [1.82, 2.24) is 10.2 Å². The smallest absolute Gasteiger partial charge is 0.270 e. The van der Waals surface area contributed by atoms with E-state index >= 15 is 0 Å². The number of carbonyl (C=O) groups is 2. The van der Waals surface area contributed by atoms with Gasteiger partial charge in [0.2, 0.25) is 6.41 Å². The maximum absolute atomic E-state index is 12.3. The molecule has 0 aromatic heterocycles. The van der Waals surface area contributed by atoms with Gasteiger partial charge < -0.3 is 5.32 Å². The van der Waals surface area contributed by atoms with Crippen molar-refractivity contribution < 1.29 is 9.59 Å². The zero-order chi connectivity index (χ0) is 15.6. The molecular weight excluding hydrogens is 332 g/mol. The van der Waals surface area contributed by atoms with E-state index in [1.165, 1.54) is 4.90 Å². The largest absolute Gasteiger partial charge is 0.324 e. The molecule has 1 saturated heterocycles. The third kappa shape index (κ3) is 2.78. The lowest BCUT2D eigenvalue weighted by molar-refractivity contribution is -0.120. The zero-order valence-corrected chi connectivity index (χ0v) is 13.8. The van der Waals surface area contributed by atoms with Gasteiger partial charge in [0.25, 0.3) is 5.91 Å². The molecule has 5 heteroatoms. The van der Waals surface area contributed by atoms with E-state index in [2.05, 4.69) is 21.2 Å². The lowest BCUT2D eigenvalue weighted by atomic mass is 10.0. The highest BCUT2D eigenvalue weighted by Crippen LogP contribution is 2.34. The van der Waals surface area contributed by atoms with Crippen LogP contribution in [0, 0.1) is 0 Å². The third-order valence-corrected chi connectivity index (χ3v) is 3.75. The molecular formula is C16H17BrN2O2. The Balaban J connectivity index is 2.57. The first-order valence-corrected chi connectivity index (χ1v) is 7.37. The fraction of sp³-hybridized carbons (Fsp3) is 0.250. The van der Waals surface area contributed by atoms with Crippen molar-refractivity contribution in [2.45, 2.75) is 26.4 Å². The highest BCUT2D eigenvalue weighted by atomic mass is 79.9. The number of nitrogens with zero attached hydrogens (tertiary/aromatic N) is 1. The fourth-order valence-electron chi connectivity index (χ4n) is 2.54. The number of hydrogen-bond donors (Lipinski definition) is 1. The molecule has 2 amide bonds. The standard InChI is InChI=1S/C16H17BrN2O2/c1-11(9-12(2)17)14-15(21)18-16(3,19(14)10-20)13-7-5-4-6-8-13/h4-10H,1-3H3,(H,18,21)/b12-9+,14-11-. The zero-order valence-electron chi connectivity index (χ0n) is 12.2. The van der Waals surface area contributed by atoms with E-state index in [4.69, 9.17) is 0 Å². The summed E-state index contributed by atoms with van der Waals surface area (Å²) in [5.41, 5.74) is 1.08. The van der Waals surface area contributed by atoms with Crippen molar-refractivity contribution in [2.75, 3.05) is 0 Å². The average Bonchev–Trinajstić information content (AvgIpc) is 2.70. The molecule has 4 nitrogen and oxygen atoms in total. The van der Waals surface area contributed by atoms with Gasteiger partial charge in [-0.2, -0.15) is 0 Å². The van der Waals surface area contributed by atoms with Gasteiger partial charge in [0.1, 0.15) is 11.4 Å². The summed E-state index contributed by atoms with van der Waals surface area (Å²) in [5, 5.41) is 2.91. The SMILES string of the molecule is CC(/C=C(\C)Br)=C1\C(=O)NC(C)(c2ccccc2)N1C=O. The number of rotatable bonds is 3. The van der Waals surface area contributed by atoms with Crippen molar-refractivity contribution >= 4 is 28.2 Å². The van der Waals surface area contributed by atoms with Crippen LogP contribution in [0.5, 0.6) is 0 Å². The molecule has 1 aromatic carbocycles. The number of hydrogen-bond acceptors (Lipinski definition) is 2. The molecule has 0 bridgehead atoms. The summed E-state index contributed by atoms with van der Waals surface area (Å²) in [4.78, 5) is 25.4. The van der Waals surface area contributed by atoms with E-state index in [0.717, 1.165) is 15.6 Å². The normalized spacial score (nSPS) is 24.9. The quantitative estimate of drug-likeness (QED) is 0.674. The number of allylic oxidation sites excluding steroid dienone is 3. The Hall–Kier alpha value is -1.88. The number of halogens is 1. The van der Waals surface area contributed by atoms with Crippen LogP contribution < -0.4 is 5.32 Å². The minimum absolute atomic E-state index is 0.254. The predicted octanol–water partition coefficient (Wildman–Crippen LogP) is 3.02. The molecule has 1 aliphatic rings. The van der Waals surface area contributed by atoms with Gasteiger partial charge in [-0.15, -0.1) is 0 Å². The second-order valence-corrected chi connectivity index (χ2v) is 6.38. The number of carbonyl (C=O) groups excluding carboxylic acids is 2. The van der Waals surface area contributed by atoms with E-state index < -0.39 is 5.66 Å². The minimum Gasteiger partial charge on any atom is -0.324 e. The maximum Gasteiger partial charge on any atom is 0.270 e. The summed E-state index contributed by atoms with van der Waals surface area (Å²) in [5.74, 6) is -0.254. The minimum atomic E-state index is -0.870. The monoisotopic (exact) mass is 348 g/mol. The first-order valence-electron chi connectivity index (χ1n) is 6.57.